The van der Waals surface area contributed by atoms with E-state index in [9.17, 15) is 4.79 Å². The summed E-state index contributed by atoms with van der Waals surface area (Å²) in [7, 11) is 0. The molecule has 1 rings (SSSR count). The van der Waals surface area contributed by atoms with Gasteiger partial charge in [0.05, 0.1) is 0 Å². The van der Waals surface area contributed by atoms with Crippen LogP contribution < -0.4 is 10.6 Å². The fourth-order valence-electron chi connectivity index (χ4n) is 1.54. The van der Waals surface area contributed by atoms with Gasteiger partial charge in [-0.3, -0.25) is 9.78 Å². The van der Waals surface area contributed by atoms with Crippen molar-refractivity contribution in [3.63, 3.8) is 0 Å². The van der Waals surface area contributed by atoms with Crippen molar-refractivity contribution in [1.82, 2.24) is 15.6 Å². The van der Waals surface area contributed by atoms with Gasteiger partial charge in [-0.2, -0.15) is 5.26 Å². The maximum Gasteiger partial charge on any atom is 0.263 e. The maximum absolute atomic E-state index is 11.8. The Bertz CT molecular complexity index is 494. The van der Waals surface area contributed by atoms with E-state index >= 15 is 0 Å². The number of nitrogens with zero attached hydrogens (tertiary/aromatic N) is 2. The van der Waals surface area contributed by atoms with Crippen molar-refractivity contribution in [2.75, 3.05) is 19.8 Å². The predicted octanol–water partition coefficient (Wildman–Crippen LogP) is 1.12. The summed E-state index contributed by atoms with van der Waals surface area (Å²) in [5, 5.41) is 14.6. The fourth-order valence-corrected chi connectivity index (χ4v) is 1.54. The quantitative estimate of drug-likeness (QED) is 0.404. The van der Waals surface area contributed by atoms with Crippen molar-refractivity contribution in [3.05, 3.63) is 41.9 Å². The van der Waals surface area contributed by atoms with Crippen LogP contribution in [0.3, 0.4) is 0 Å². The number of aromatic nitrogens is 1. The Hall–Kier alpha value is -2.39. The van der Waals surface area contributed by atoms with Gasteiger partial charge in [0, 0.05) is 44.9 Å². The van der Waals surface area contributed by atoms with Crippen LogP contribution in [0.2, 0.25) is 0 Å². The van der Waals surface area contributed by atoms with Gasteiger partial charge in [0.2, 0.25) is 0 Å². The summed E-state index contributed by atoms with van der Waals surface area (Å²) in [5.41, 5.74) is 1.08. The zero-order valence-corrected chi connectivity index (χ0v) is 12.1. The minimum Gasteiger partial charge on any atom is -0.386 e. The number of carbonyl (C=O) groups excluding carboxylic acids is 1. The number of hydrogen-bond acceptors (Lipinski definition) is 5. The van der Waals surface area contributed by atoms with Crippen LogP contribution in [0.5, 0.6) is 0 Å². The normalized spacial score (nSPS) is 10.8. The highest BCUT2D eigenvalue weighted by molar-refractivity contribution is 5.97. The highest BCUT2D eigenvalue weighted by Crippen LogP contribution is 1.96. The molecule has 0 saturated carbocycles. The first-order valence-electron chi connectivity index (χ1n) is 6.86. The van der Waals surface area contributed by atoms with Gasteiger partial charge in [-0.1, -0.05) is 0 Å². The SMILES string of the molecule is CCOCCCNC(=O)/C(C#N)=C\NCc1ccncc1. The van der Waals surface area contributed by atoms with Gasteiger partial charge in [-0.15, -0.1) is 0 Å². The Morgan fingerprint density at radius 3 is 2.90 bits per heavy atom. The molecule has 112 valence electrons. The van der Waals surface area contributed by atoms with Crippen molar-refractivity contribution in [3.8, 4) is 6.07 Å². The average molecular weight is 288 g/mol. The van der Waals surface area contributed by atoms with Crippen LogP contribution in [-0.2, 0) is 16.1 Å². The van der Waals surface area contributed by atoms with Gasteiger partial charge in [0.15, 0.2) is 0 Å². The largest absolute Gasteiger partial charge is 0.386 e. The second-order valence-corrected chi connectivity index (χ2v) is 4.21. The molecule has 0 aliphatic heterocycles. The highest BCUT2D eigenvalue weighted by Gasteiger charge is 2.07. The van der Waals surface area contributed by atoms with Crippen molar-refractivity contribution in [1.29, 1.82) is 5.26 Å². The lowest BCUT2D eigenvalue weighted by atomic mass is 10.2. The Morgan fingerprint density at radius 1 is 1.48 bits per heavy atom. The number of nitriles is 1. The lowest BCUT2D eigenvalue weighted by Crippen LogP contribution is -2.27. The summed E-state index contributed by atoms with van der Waals surface area (Å²) in [4.78, 5) is 15.7. The van der Waals surface area contributed by atoms with E-state index in [1.807, 2.05) is 25.1 Å². The third-order valence-corrected chi connectivity index (χ3v) is 2.62. The standard InChI is InChI=1S/C15H20N4O2/c1-2-21-9-3-6-19-15(20)14(10-16)12-18-11-13-4-7-17-8-5-13/h4-5,7-8,12,18H,2-3,6,9,11H2,1H3,(H,19,20)/b14-12-. The van der Waals surface area contributed by atoms with E-state index in [0.29, 0.717) is 26.3 Å². The van der Waals surface area contributed by atoms with Crippen LogP contribution in [0, 0.1) is 11.3 Å². The van der Waals surface area contributed by atoms with Crippen LogP contribution in [0.25, 0.3) is 0 Å². The van der Waals surface area contributed by atoms with Gasteiger partial charge < -0.3 is 15.4 Å². The Morgan fingerprint density at radius 2 is 2.24 bits per heavy atom. The van der Waals surface area contributed by atoms with Gasteiger partial charge >= 0.3 is 0 Å². The fraction of sp³-hybridized carbons (Fsp3) is 0.400. The second-order valence-electron chi connectivity index (χ2n) is 4.21. The molecule has 6 heteroatoms. The molecule has 0 aliphatic carbocycles. The zero-order valence-electron chi connectivity index (χ0n) is 12.1. The molecule has 0 spiro atoms. The predicted molar refractivity (Wildman–Crippen MR) is 78.9 cm³/mol. The molecule has 0 fully saturated rings. The summed E-state index contributed by atoms with van der Waals surface area (Å²) in [6.07, 6.45) is 5.54. The van der Waals surface area contributed by atoms with E-state index in [1.54, 1.807) is 12.4 Å². The number of ether oxygens (including phenoxy) is 1. The van der Waals surface area contributed by atoms with Crippen molar-refractivity contribution < 1.29 is 9.53 Å². The molecule has 1 heterocycles. The minimum absolute atomic E-state index is 0.0560. The van der Waals surface area contributed by atoms with Crippen LogP contribution in [0.4, 0.5) is 0 Å². The molecule has 2 N–H and O–H groups in total. The molecule has 0 aromatic carbocycles. The Balaban J connectivity index is 2.33. The van der Waals surface area contributed by atoms with Crippen molar-refractivity contribution in [2.24, 2.45) is 0 Å². The smallest absolute Gasteiger partial charge is 0.263 e. The summed E-state index contributed by atoms with van der Waals surface area (Å²) in [5.74, 6) is -0.378. The molecule has 0 saturated heterocycles. The molecule has 0 aliphatic rings. The Labute approximate surface area is 124 Å². The number of hydrogen-bond donors (Lipinski definition) is 2. The third kappa shape index (κ3) is 7.09. The van der Waals surface area contributed by atoms with E-state index in [0.717, 1.165) is 12.0 Å². The zero-order chi connectivity index (χ0) is 15.3. The number of carbonyl (C=O) groups is 1. The van der Waals surface area contributed by atoms with E-state index in [-0.39, 0.29) is 11.5 Å². The van der Waals surface area contributed by atoms with Gasteiger partial charge in [0.25, 0.3) is 5.91 Å². The summed E-state index contributed by atoms with van der Waals surface area (Å²) in [6.45, 7) is 4.20. The molecule has 1 aromatic rings. The van der Waals surface area contributed by atoms with Crippen LogP contribution in [0.15, 0.2) is 36.3 Å². The van der Waals surface area contributed by atoms with Gasteiger partial charge in [0.1, 0.15) is 11.6 Å². The topological polar surface area (TPSA) is 87.0 Å². The molecule has 6 nitrogen and oxygen atoms in total. The molecule has 0 bridgehead atoms. The third-order valence-electron chi connectivity index (χ3n) is 2.62. The van der Waals surface area contributed by atoms with Crippen molar-refractivity contribution in [2.45, 2.75) is 19.9 Å². The molecule has 0 atom stereocenters. The van der Waals surface area contributed by atoms with E-state index in [4.69, 9.17) is 10.00 Å². The van der Waals surface area contributed by atoms with E-state index in [2.05, 4.69) is 15.6 Å². The van der Waals surface area contributed by atoms with Crippen LogP contribution in [0.1, 0.15) is 18.9 Å². The monoisotopic (exact) mass is 288 g/mol. The first-order chi connectivity index (χ1) is 10.3. The molecule has 0 unspecified atom stereocenters. The Kier molecular flexibility index (Phi) is 8.26. The molecule has 1 amide bonds. The average Bonchev–Trinajstić information content (AvgIpc) is 2.52. The van der Waals surface area contributed by atoms with E-state index in [1.165, 1.54) is 6.20 Å². The number of nitrogens with one attached hydrogen (secondary N) is 2. The lowest BCUT2D eigenvalue weighted by molar-refractivity contribution is -0.117. The molecular weight excluding hydrogens is 268 g/mol. The highest BCUT2D eigenvalue weighted by atomic mass is 16.5. The van der Waals surface area contributed by atoms with Gasteiger partial charge in [-0.05, 0) is 31.0 Å². The summed E-state index contributed by atoms with van der Waals surface area (Å²) >= 11 is 0. The van der Waals surface area contributed by atoms with Crippen LogP contribution >= 0.6 is 0 Å². The minimum atomic E-state index is -0.378. The maximum atomic E-state index is 11.8. The molecule has 21 heavy (non-hydrogen) atoms. The van der Waals surface area contributed by atoms with Gasteiger partial charge in [-0.25, -0.2) is 0 Å². The van der Waals surface area contributed by atoms with Crippen molar-refractivity contribution >= 4 is 5.91 Å². The number of amides is 1. The number of rotatable bonds is 9. The first-order valence-corrected chi connectivity index (χ1v) is 6.86. The number of pyridine rings is 1. The van der Waals surface area contributed by atoms with Crippen LogP contribution in [-0.4, -0.2) is 30.6 Å². The first kappa shape index (κ1) is 16.7. The lowest BCUT2D eigenvalue weighted by Gasteiger charge is -2.05. The molecular formula is C15H20N4O2. The summed E-state index contributed by atoms with van der Waals surface area (Å²) < 4.78 is 5.17. The summed E-state index contributed by atoms with van der Waals surface area (Å²) in [6, 6.07) is 5.61. The molecule has 1 aromatic heterocycles. The van der Waals surface area contributed by atoms with E-state index < -0.39 is 0 Å². The second kappa shape index (κ2) is 10.4. The molecule has 0 radical (unpaired) electrons.